The van der Waals surface area contributed by atoms with Gasteiger partial charge in [0.2, 0.25) is 0 Å². The van der Waals surface area contributed by atoms with E-state index in [-0.39, 0.29) is 17.5 Å². The Kier molecular flexibility index (Phi) is 2.93. The first kappa shape index (κ1) is 12.4. The van der Waals surface area contributed by atoms with Crippen LogP contribution in [0.1, 0.15) is 31.7 Å². The molecule has 1 saturated carbocycles. The highest BCUT2D eigenvalue weighted by molar-refractivity contribution is 6.29. The molecule has 0 N–H and O–H groups in total. The van der Waals surface area contributed by atoms with E-state index in [9.17, 15) is 9.59 Å². The van der Waals surface area contributed by atoms with Gasteiger partial charge in [0.25, 0.3) is 0 Å². The van der Waals surface area contributed by atoms with Gasteiger partial charge in [-0.25, -0.2) is 9.78 Å². The van der Waals surface area contributed by atoms with E-state index in [4.69, 9.17) is 11.6 Å². The lowest BCUT2D eigenvalue weighted by Gasteiger charge is -2.22. The van der Waals surface area contributed by atoms with Crippen LogP contribution < -0.4 is 5.69 Å². The van der Waals surface area contributed by atoms with Crippen molar-refractivity contribution in [2.45, 2.75) is 31.7 Å². The van der Waals surface area contributed by atoms with Gasteiger partial charge in [-0.15, -0.1) is 0 Å². The molecule has 19 heavy (non-hydrogen) atoms. The number of aromatic nitrogens is 3. The van der Waals surface area contributed by atoms with Crippen LogP contribution in [0.3, 0.4) is 0 Å². The van der Waals surface area contributed by atoms with Gasteiger partial charge in [-0.3, -0.25) is 13.9 Å². The molecule has 2 aromatic heterocycles. The van der Waals surface area contributed by atoms with E-state index < -0.39 is 0 Å². The Morgan fingerprint density at radius 2 is 1.95 bits per heavy atom. The first-order chi connectivity index (χ1) is 9.08. The summed E-state index contributed by atoms with van der Waals surface area (Å²) in [5.41, 5.74) is 1.50. The number of fused-ring (bicyclic) bond motifs is 1. The fourth-order valence-corrected chi connectivity index (χ4v) is 2.92. The summed E-state index contributed by atoms with van der Waals surface area (Å²) in [4.78, 5) is 27.7. The van der Waals surface area contributed by atoms with Crippen LogP contribution in [0.2, 0.25) is 5.15 Å². The predicted octanol–water partition coefficient (Wildman–Crippen LogP) is 2.07. The highest BCUT2D eigenvalue weighted by atomic mass is 35.5. The molecule has 0 bridgehead atoms. The molecule has 0 radical (unpaired) electrons. The Balaban J connectivity index is 2.17. The summed E-state index contributed by atoms with van der Waals surface area (Å²) < 4.78 is 3.34. The summed E-state index contributed by atoms with van der Waals surface area (Å²) in [5.74, 6) is 0.282. The van der Waals surface area contributed by atoms with Crippen LogP contribution in [0, 0.1) is 0 Å². The smallest absolute Gasteiger partial charge is 0.300 e. The SMILES string of the molecule is Cn1c(=O)n(C2CCC(=O)CC2)c2cc(Cl)ncc21. The second kappa shape index (κ2) is 4.49. The van der Waals surface area contributed by atoms with E-state index in [1.165, 1.54) is 0 Å². The fourth-order valence-electron chi connectivity index (χ4n) is 2.77. The lowest BCUT2D eigenvalue weighted by molar-refractivity contribution is -0.120. The van der Waals surface area contributed by atoms with Crippen molar-refractivity contribution in [2.24, 2.45) is 7.05 Å². The number of imidazole rings is 1. The summed E-state index contributed by atoms with van der Waals surface area (Å²) in [6, 6.07) is 1.79. The van der Waals surface area contributed by atoms with Gasteiger partial charge < -0.3 is 0 Å². The quantitative estimate of drug-likeness (QED) is 0.751. The average Bonchev–Trinajstić information content (AvgIpc) is 2.63. The van der Waals surface area contributed by atoms with Crippen molar-refractivity contribution in [1.82, 2.24) is 14.1 Å². The van der Waals surface area contributed by atoms with Crippen molar-refractivity contribution < 1.29 is 4.79 Å². The Morgan fingerprint density at radius 3 is 2.63 bits per heavy atom. The van der Waals surface area contributed by atoms with Crippen molar-refractivity contribution in [3.63, 3.8) is 0 Å². The third kappa shape index (κ3) is 1.98. The second-order valence-electron chi connectivity index (χ2n) is 4.98. The third-order valence-corrected chi connectivity index (χ3v) is 4.03. The maximum absolute atomic E-state index is 12.4. The molecule has 1 fully saturated rings. The number of ketones is 1. The van der Waals surface area contributed by atoms with Gasteiger partial charge in [0.15, 0.2) is 0 Å². The zero-order valence-corrected chi connectivity index (χ0v) is 11.4. The number of pyridine rings is 1. The minimum atomic E-state index is -0.0709. The Hall–Kier alpha value is -1.62. The summed E-state index contributed by atoms with van der Waals surface area (Å²) in [7, 11) is 1.73. The molecular weight excluding hydrogens is 266 g/mol. The molecule has 0 unspecified atom stereocenters. The van der Waals surface area contributed by atoms with Gasteiger partial charge in [0, 0.05) is 32.0 Å². The number of rotatable bonds is 1. The molecule has 0 aliphatic heterocycles. The molecule has 0 spiro atoms. The number of aryl methyl sites for hydroxylation is 1. The minimum Gasteiger partial charge on any atom is -0.300 e. The first-order valence-electron chi connectivity index (χ1n) is 6.32. The summed E-state index contributed by atoms with van der Waals surface area (Å²) in [6.07, 6.45) is 4.15. The van der Waals surface area contributed by atoms with E-state index in [2.05, 4.69) is 4.98 Å². The maximum atomic E-state index is 12.4. The maximum Gasteiger partial charge on any atom is 0.329 e. The third-order valence-electron chi connectivity index (χ3n) is 3.82. The number of Topliss-reactive ketones (excluding diaryl/α,β-unsaturated/α-hetero) is 1. The van der Waals surface area contributed by atoms with Crippen LogP contribution in [0.5, 0.6) is 0 Å². The molecule has 5 nitrogen and oxygen atoms in total. The van der Waals surface area contributed by atoms with Crippen molar-refractivity contribution in [1.29, 1.82) is 0 Å². The van der Waals surface area contributed by atoms with Gasteiger partial charge >= 0.3 is 5.69 Å². The van der Waals surface area contributed by atoms with Crippen LogP contribution in [0.15, 0.2) is 17.1 Å². The largest absolute Gasteiger partial charge is 0.329 e. The van der Waals surface area contributed by atoms with Crippen molar-refractivity contribution in [3.8, 4) is 0 Å². The van der Waals surface area contributed by atoms with Crippen LogP contribution in [0.25, 0.3) is 11.0 Å². The number of carbonyl (C=O) groups excluding carboxylic acids is 1. The van der Waals surface area contributed by atoms with Crippen molar-refractivity contribution >= 4 is 28.4 Å². The molecule has 0 aromatic carbocycles. The Labute approximate surface area is 114 Å². The molecule has 1 aliphatic carbocycles. The van der Waals surface area contributed by atoms with Gasteiger partial charge in [-0.1, -0.05) is 11.6 Å². The standard InChI is InChI=1S/C13H14ClN3O2/c1-16-11-7-15-12(14)6-10(11)17(13(16)19)8-2-4-9(18)5-3-8/h6-8H,2-5H2,1H3. The van der Waals surface area contributed by atoms with E-state index in [1.54, 1.807) is 28.4 Å². The lowest BCUT2D eigenvalue weighted by atomic mass is 9.94. The van der Waals surface area contributed by atoms with Gasteiger partial charge in [-0.05, 0) is 12.8 Å². The summed E-state index contributed by atoms with van der Waals surface area (Å²) in [5, 5.41) is 0.374. The van der Waals surface area contributed by atoms with Crippen LogP contribution >= 0.6 is 11.6 Å². The highest BCUT2D eigenvalue weighted by Gasteiger charge is 2.24. The fraction of sp³-hybridized carbons (Fsp3) is 0.462. The van der Waals surface area contributed by atoms with E-state index >= 15 is 0 Å². The first-order valence-corrected chi connectivity index (χ1v) is 6.70. The topological polar surface area (TPSA) is 56.9 Å². The predicted molar refractivity (Wildman–Crippen MR) is 72.5 cm³/mol. The number of carbonyl (C=O) groups is 1. The summed E-state index contributed by atoms with van der Waals surface area (Å²) >= 11 is 5.92. The lowest BCUT2D eigenvalue weighted by Crippen LogP contribution is -2.28. The van der Waals surface area contributed by atoms with Crippen LogP contribution in [-0.2, 0) is 11.8 Å². The van der Waals surface area contributed by atoms with Crippen LogP contribution in [-0.4, -0.2) is 19.9 Å². The monoisotopic (exact) mass is 279 g/mol. The van der Waals surface area contributed by atoms with Gasteiger partial charge in [0.1, 0.15) is 10.9 Å². The number of halogens is 1. The van der Waals surface area contributed by atoms with Crippen molar-refractivity contribution in [2.75, 3.05) is 0 Å². The normalized spacial score (nSPS) is 17.3. The van der Waals surface area contributed by atoms with Crippen LogP contribution in [0.4, 0.5) is 0 Å². The number of hydrogen-bond acceptors (Lipinski definition) is 3. The van der Waals surface area contributed by atoms with E-state index in [0.29, 0.717) is 18.0 Å². The van der Waals surface area contributed by atoms with E-state index in [0.717, 1.165) is 23.9 Å². The molecule has 0 amide bonds. The second-order valence-corrected chi connectivity index (χ2v) is 5.36. The zero-order valence-electron chi connectivity index (χ0n) is 10.6. The average molecular weight is 280 g/mol. The van der Waals surface area contributed by atoms with E-state index in [1.807, 2.05) is 0 Å². The number of nitrogens with zero attached hydrogens (tertiary/aromatic N) is 3. The van der Waals surface area contributed by atoms with Gasteiger partial charge in [-0.2, -0.15) is 0 Å². The Bertz CT molecular complexity index is 706. The molecule has 0 atom stereocenters. The molecule has 100 valence electrons. The number of hydrogen-bond donors (Lipinski definition) is 0. The molecule has 2 aromatic rings. The van der Waals surface area contributed by atoms with Gasteiger partial charge in [0.05, 0.1) is 17.2 Å². The molecular formula is C13H14ClN3O2. The molecule has 1 aliphatic rings. The summed E-state index contributed by atoms with van der Waals surface area (Å²) in [6.45, 7) is 0. The molecule has 2 heterocycles. The Morgan fingerprint density at radius 1 is 1.26 bits per heavy atom. The molecule has 6 heteroatoms. The van der Waals surface area contributed by atoms with Crippen molar-refractivity contribution in [3.05, 3.63) is 27.9 Å². The molecule has 0 saturated heterocycles. The highest BCUT2D eigenvalue weighted by Crippen LogP contribution is 2.28. The minimum absolute atomic E-state index is 0.0709. The molecule has 3 rings (SSSR count). The zero-order chi connectivity index (χ0) is 13.6.